The van der Waals surface area contributed by atoms with Crippen LogP contribution in [0.2, 0.25) is 0 Å². The lowest BCUT2D eigenvalue weighted by Gasteiger charge is -2.19. The molecule has 1 aliphatic heterocycles. The third-order valence-corrected chi connectivity index (χ3v) is 12.6. The smallest absolute Gasteiger partial charge is 0.243 e. The first-order valence-electron chi connectivity index (χ1n) is 18.8. The fourth-order valence-electron chi connectivity index (χ4n) is 6.54. The lowest BCUT2D eigenvalue weighted by molar-refractivity contribution is -0.138. The van der Waals surface area contributed by atoms with Gasteiger partial charge in [-0.2, -0.15) is 0 Å². The maximum Gasteiger partial charge on any atom is 0.243 e. The molecule has 5 N–H and O–H groups in total. The zero-order valence-corrected chi connectivity index (χ0v) is 33.4. The predicted octanol–water partition coefficient (Wildman–Crippen LogP) is 3.89. The van der Waals surface area contributed by atoms with Crippen LogP contribution in [-0.2, 0) is 36.9 Å². The molecule has 13 nitrogen and oxygen atoms in total. The molecule has 0 spiro atoms. The number of imide groups is 1. The maximum atomic E-state index is 13.5. The number of likely N-dealkylation sites (N-methyl/N-ethyl adjacent to an activating group) is 2. The van der Waals surface area contributed by atoms with Crippen molar-refractivity contribution in [3.8, 4) is 0 Å². The molecule has 1 saturated heterocycles. The number of aromatic nitrogens is 3. The highest BCUT2D eigenvalue weighted by Gasteiger charge is 2.48. The number of aryl methyl sites for hydroxylation is 2. The Bertz CT molecular complexity index is 1710. The summed E-state index contributed by atoms with van der Waals surface area (Å²) in [6.45, 7) is 6.78. The summed E-state index contributed by atoms with van der Waals surface area (Å²) in [7, 11) is 3.39. The molecule has 53 heavy (non-hydrogen) atoms. The van der Waals surface area contributed by atoms with E-state index in [0.29, 0.717) is 49.6 Å². The van der Waals surface area contributed by atoms with Gasteiger partial charge in [0.25, 0.3) is 0 Å². The third kappa shape index (κ3) is 11.0. The van der Waals surface area contributed by atoms with Crippen molar-refractivity contribution < 1.29 is 24.0 Å². The molecule has 3 amide bonds. The van der Waals surface area contributed by atoms with Crippen LogP contribution in [0, 0.1) is 0 Å². The van der Waals surface area contributed by atoms with Crippen molar-refractivity contribution >= 4 is 80.6 Å². The first kappa shape index (κ1) is 42.2. The molecule has 15 heteroatoms. The third-order valence-electron chi connectivity index (χ3n) is 9.72. The number of likely N-dealkylation sites (tertiary alicyclic amines) is 1. The highest BCUT2D eigenvalue weighted by Crippen LogP contribution is 2.35. The number of unbranched alkanes of at least 4 members (excludes halogenated alkanes) is 4. The van der Waals surface area contributed by atoms with Crippen LogP contribution in [0.5, 0.6) is 0 Å². The van der Waals surface area contributed by atoms with Gasteiger partial charge >= 0.3 is 0 Å². The number of nitrogens with zero attached hydrogens (tertiary/aromatic N) is 4. The first-order valence-corrected chi connectivity index (χ1v) is 20.9. The zero-order chi connectivity index (χ0) is 38.5. The number of fused-ring (bicyclic) bond motifs is 3. The van der Waals surface area contributed by atoms with Crippen molar-refractivity contribution in [3.63, 3.8) is 0 Å². The van der Waals surface area contributed by atoms with Crippen LogP contribution in [0.3, 0.4) is 0 Å². The molecular formula is C38H56N8O5S2. The van der Waals surface area contributed by atoms with Crippen LogP contribution >= 0.6 is 23.5 Å². The van der Waals surface area contributed by atoms with E-state index in [2.05, 4.69) is 38.5 Å². The number of hydrogen-bond donors (Lipinski definition) is 4. The topological polar surface area (TPSA) is 181 Å². The number of imidazole rings is 1. The molecule has 0 saturated carbocycles. The van der Waals surface area contributed by atoms with Gasteiger partial charge in [0.05, 0.1) is 23.1 Å². The quantitative estimate of drug-likeness (QED) is 0.0764. The lowest BCUT2D eigenvalue weighted by atomic mass is 10.1. The van der Waals surface area contributed by atoms with E-state index in [0.717, 1.165) is 66.4 Å². The molecule has 4 atom stereocenters. The number of hydrogen-bond acceptors (Lipinski definition) is 12. The summed E-state index contributed by atoms with van der Waals surface area (Å²) >= 11 is 2.62. The monoisotopic (exact) mass is 768 g/mol. The summed E-state index contributed by atoms with van der Waals surface area (Å²) < 4.78 is 2.28. The number of anilines is 1. The summed E-state index contributed by atoms with van der Waals surface area (Å²) in [5.41, 5.74) is 8.96. The molecule has 1 fully saturated rings. The molecule has 4 rings (SSSR count). The Morgan fingerprint density at radius 3 is 2.08 bits per heavy atom. The average molecular weight is 769 g/mol. The zero-order valence-electron chi connectivity index (χ0n) is 31.7. The summed E-state index contributed by atoms with van der Waals surface area (Å²) in [5, 5.41) is 8.75. The lowest BCUT2D eigenvalue weighted by Crippen LogP contribution is -2.38. The van der Waals surface area contributed by atoms with Gasteiger partial charge < -0.3 is 26.3 Å². The van der Waals surface area contributed by atoms with Gasteiger partial charge in [-0.25, -0.2) is 9.97 Å². The maximum absolute atomic E-state index is 13.5. The number of ketones is 2. The van der Waals surface area contributed by atoms with E-state index in [1.807, 2.05) is 18.2 Å². The Hall–Kier alpha value is -3.53. The van der Waals surface area contributed by atoms with Gasteiger partial charge in [-0.1, -0.05) is 38.0 Å². The second-order valence-electron chi connectivity index (χ2n) is 13.6. The van der Waals surface area contributed by atoms with Crippen molar-refractivity contribution in [1.82, 2.24) is 35.4 Å². The minimum atomic E-state index is -0.636. The van der Waals surface area contributed by atoms with Gasteiger partial charge in [-0.05, 0) is 66.1 Å². The molecule has 0 aliphatic carbocycles. The molecule has 0 bridgehead atoms. The molecule has 1 aliphatic rings. The van der Waals surface area contributed by atoms with E-state index in [4.69, 9.17) is 10.7 Å². The molecule has 3 aromatic rings. The number of carbonyl (C=O) groups is 5. The first-order chi connectivity index (χ1) is 25.5. The van der Waals surface area contributed by atoms with Gasteiger partial charge in [0.1, 0.15) is 33.4 Å². The summed E-state index contributed by atoms with van der Waals surface area (Å²) in [4.78, 5) is 74.3. The largest absolute Gasteiger partial charge is 0.382 e. The number of Topliss-reactive ketones (excluding diaryl/α,β-unsaturated/α-hetero) is 2. The molecule has 0 radical (unpaired) electrons. The van der Waals surface area contributed by atoms with Crippen LogP contribution in [-0.4, -0.2) is 110 Å². The van der Waals surface area contributed by atoms with Crippen molar-refractivity contribution in [2.45, 2.75) is 108 Å². The van der Waals surface area contributed by atoms with Gasteiger partial charge in [-0.3, -0.25) is 28.9 Å². The summed E-state index contributed by atoms with van der Waals surface area (Å²) in [6, 6.07) is 7.16. The van der Waals surface area contributed by atoms with Crippen LogP contribution in [0.25, 0.3) is 21.9 Å². The average Bonchev–Trinajstić information content (AvgIpc) is 3.61. The van der Waals surface area contributed by atoms with Crippen LogP contribution < -0.4 is 21.7 Å². The molecule has 3 heterocycles. The summed E-state index contributed by atoms with van der Waals surface area (Å²) in [5.74, 6) is 1.59. The second kappa shape index (κ2) is 20.8. The Balaban J connectivity index is 1.23. The minimum Gasteiger partial charge on any atom is -0.382 e. The molecule has 1 aromatic carbocycles. The second-order valence-corrected chi connectivity index (χ2v) is 16.0. The van der Waals surface area contributed by atoms with E-state index in [-0.39, 0.29) is 35.8 Å². The highest BCUT2D eigenvalue weighted by molar-refractivity contribution is 8.05. The molecule has 4 unspecified atom stereocenters. The number of rotatable bonds is 24. The SMILES string of the molecule is CCCCc1nc2c(N)nc3ccccc3c2n1CCCCNC(=O)CCCCCN1C(=O)C(SCC(NC)C(C)=O)C(SCC(NC)C(C)=O)C1=O. The van der Waals surface area contributed by atoms with Crippen LogP contribution in [0.4, 0.5) is 5.82 Å². The fourth-order valence-corrected chi connectivity index (χ4v) is 9.73. The van der Waals surface area contributed by atoms with Gasteiger partial charge in [0, 0.05) is 49.4 Å². The Labute approximate surface area is 321 Å². The molecule has 290 valence electrons. The van der Waals surface area contributed by atoms with E-state index in [1.54, 1.807) is 14.1 Å². The predicted molar refractivity (Wildman–Crippen MR) is 215 cm³/mol. The van der Waals surface area contributed by atoms with Gasteiger partial charge in [-0.15, -0.1) is 23.5 Å². The van der Waals surface area contributed by atoms with Gasteiger partial charge in [0.2, 0.25) is 17.7 Å². The Morgan fingerprint density at radius 1 is 0.849 bits per heavy atom. The van der Waals surface area contributed by atoms with Crippen molar-refractivity contribution in [2.24, 2.45) is 0 Å². The summed E-state index contributed by atoms with van der Waals surface area (Å²) in [6.07, 6.45) is 6.96. The van der Waals surface area contributed by atoms with Crippen LogP contribution in [0.1, 0.15) is 78.0 Å². The number of pyridine rings is 1. The number of amides is 3. The Kier molecular flexibility index (Phi) is 16.6. The standard InChI is InChI=1S/C38H56N8O5S2/c1-6-7-17-30-44-32-33(26-15-10-11-16-27(26)43-36(32)39)45(30)20-14-12-19-42-31(49)18-9-8-13-21-46-37(50)34(52-22-28(40-4)24(2)47)35(38(46)51)53-23-29(41-5)25(3)48/h10-11,15-16,28-29,34-35,40-41H,6-9,12-14,17-23H2,1-5H3,(H2,39,43)(H,42,49). The fraction of sp³-hybridized carbons (Fsp3) is 0.605. The Morgan fingerprint density at radius 2 is 1.47 bits per heavy atom. The van der Waals surface area contributed by atoms with Crippen molar-refractivity contribution in [2.75, 3.05) is 44.4 Å². The van der Waals surface area contributed by atoms with Crippen molar-refractivity contribution in [1.29, 1.82) is 0 Å². The minimum absolute atomic E-state index is 0.0121. The van der Waals surface area contributed by atoms with Crippen molar-refractivity contribution in [3.05, 3.63) is 30.1 Å². The van der Waals surface area contributed by atoms with E-state index < -0.39 is 22.6 Å². The number of benzene rings is 1. The number of nitrogens with one attached hydrogen (secondary N) is 3. The number of thioether (sulfide) groups is 2. The van der Waals surface area contributed by atoms with E-state index in [1.165, 1.54) is 42.3 Å². The number of nitrogen functional groups attached to an aromatic ring is 1. The number of nitrogens with two attached hydrogens (primary N) is 1. The molecular weight excluding hydrogens is 713 g/mol. The van der Waals surface area contributed by atoms with Gasteiger partial charge in [0.15, 0.2) is 5.82 Å². The molecule has 2 aromatic heterocycles. The highest BCUT2D eigenvalue weighted by atomic mass is 32.2. The van der Waals surface area contributed by atoms with E-state index >= 15 is 0 Å². The number of carbonyl (C=O) groups excluding carboxylic acids is 5. The van der Waals surface area contributed by atoms with E-state index in [9.17, 15) is 24.0 Å². The van der Waals surface area contributed by atoms with Crippen LogP contribution in [0.15, 0.2) is 24.3 Å². The normalized spacial score (nSPS) is 17.2. The number of para-hydroxylation sites is 1.